The van der Waals surface area contributed by atoms with Crippen molar-refractivity contribution < 1.29 is 18.7 Å². The molecular weight excluding hydrogens is 388 g/mol. The molecule has 2 amide bonds. The van der Waals surface area contributed by atoms with Crippen LogP contribution in [0.2, 0.25) is 0 Å². The predicted molar refractivity (Wildman–Crippen MR) is 112 cm³/mol. The summed E-state index contributed by atoms with van der Waals surface area (Å²) >= 11 is 0. The quantitative estimate of drug-likeness (QED) is 0.669. The van der Waals surface area contributed by atoms with Gasteiger partial charge >= 0.3 is 17.9 Å². The highest BCUT2D eigenvalue weighted by atomic mass is 16.6. The average Bonchev–Trinajstić information content (AvgIpc) is 3.12. The molecule has 1 aromatic heterocycles. The van der Waals surface area contributed by atoms with Crippen LogP contribution in [0.4, 0.5) is 4.79 Å². The molecule has 1 fully saturated rings. The number of carbonyl (C=O) groups excluding carboxylic acids is 2. The Balaban J connectivity index is 1.76. The van der Waals surface area contributed by atoms with Crippen molar-refractivity contribution in [2.45, 2.75) is 46.3 Å². The van der Waals surface area contributed by atoms with Crippen LogP contribution < -0.4 is 5.32 Å². The molecule has 0 aromatic carbocycles. The van der Waals surface area contributed by atoms with Crippen LogP contribution in [0.3, 0.4) is 0 Å². The molecule has 10 nitrogen and oxygen atoms in total. The second kappa shape index (κ2) is 10.7. The van der Waals surface area contributed by atoms with E-state index < -0.39 is 11.7 Å². The van der Waals surface area contributed by atoms with Gasteiger partial charge in [-0.1, -0.05) is 6.92 Å². The lowest BCUT2D eigenvalue weighted by molar-refractivity contribution is 0.0518. The standard InChI is InChI=1S/C20H36N6O4/c1-15(7-8-24(5)6)14-25-9-11-26(12-10-25)18(27)17-23-22-16(29-17)13-21-19(28)30-20(2,3)4/h15H,7-14H2,1-6H3,(H,21,28). The van der Waals surface area contributed by atoms with E-state index in [0.717, 1.165) is 32.6 Å². The molecule has 2 rings (SSSR count). The molecule has 1 unspecified atom stereocenters. The van der Waals surface area contributed by atoms with Crippen LogP contribution in [-0.2, 0) is 11.3 Å². The van der Waals surface area contributed by atoms with Gasteiger partial charge in [-0.2, -0.15) is 0 Å². The number of ether oxygens (including phenoxy) is 1. The largest absolute Gasteiger partial charge is 0.444 e. The van der Waals surface area contributed by atoms with Gasteiger partial charge < -0.3 is 24.3 Å². The van der Waals surface area contributed by atoms with Gasteiger partial charge in [-0.3, -0.25) is 9.69 Å². The van der Waals surface area contributed by atoms with Crippen molar-refractivity contribution in [3.8, 4) is 0 Å². The first kappa shape index (κ1) is 24.1. The molecule has 0 radical (unpaired) electrons. The maximum Gasteiger partial charge on any atom is 0.408 e. The molecule has 1 saturated heterocycles. The molecular formula is C20H36N6O4. The molecule has 1 aliphatic rings. The van der Waals surface area contributed by atoms with E-state index in [2.05, 4.69) is 46.3 Å². The summed E-state index contributed by atoms with van der Waals surface area (Å²) in [5.74, 6) is 0.457. The molecule has 0 aliphatic carbocycles. The minimum absolute atomic E-state index is 0.00775. The Morgan fingerprint density at radius 3 is 2.47 bits per heavy atom. The van der Waals surface area contributed by atoms with E-state index in [-0.39, 0.29) is 24.2 Å². The number of rotatable bonds is 8. The zero-order valence-electron chi connectivity index (χ0n) is 19.1. The Morgan fingerprint density at radius 2 is 1.87 bits per heavy atom. The van der Waals surface area contributed by atoms with Crippen LogP contribution in [0.15, 0.2) is 4.42 Å². The summed E-state index contributed by atoms with van der Waals surface area (Å²) in [6.45, 7) is 12.7. The third-order valence-corrected chi connectivity index (χ3v) is 4.73. The number of amides is 2. The highest BCUT2D eigenvalue weighted by molar-refractivity contribution is 5.89. The monoisotopic (exact) mass is 424 g/mol. The second-order valence-electron chi connectivity index (χ2n) is 9.15. The van der Waals surface area contributed by atoms with Gasteiger partial charge in [0.2, 0.25) is 5.89 Å². The number of carbonyl (C=O) groups is 2. The van der Waals surface area contributed by atoms with Crippen molar-refractivity contribution in [3.05, 3.63) is 11.8 Å². The van der Waals surface area contributed by atoms with Crippen molar-refractivity contribution in [1.29, 1.82) is 0 Å². The SMILES string of the molecule is CC(CCN(C)C)CN1CCN(C(=O)c2nnc(CNC(=O)OC(C)(C)C)o2)CC1. The lowest BCUT2D eigenvalue weighted by Gasteiger charge is -2.35. The molecule has 1 aromatic rings. The summed E-state index contributed by atoms with van der Waals surface area (Å²) in [5, 5.41) is 10.2. The molecule has 170 valence electrons. The van der Waals surface area contributed by atoms with Crippen molar-refractivity contribution in [1.82, 2.24) is 30.2 Å². The molecule has 0 spiro atoms. The predicted octanol–water partition coefficient (Wildman–Crippen LogP) is 1.44. The summed E-state index contributed by atoms with van der Waals surface area (Å²) in [5.41, 5.74) is -0.591. The van der Waals surface area contributed by atoms with Crippen molar-refractivity contribution in [3.63, 3.8) is 0 Å². The Kier molecular flexibility index (Phi) is 8.60. The maximum atomic E-state index is 12.6. The van der Waals surface area contributed by atoms with Gasteiger partial charge in [0.05, 0.1) is 6.54 Å². The van der Waals surface area contributed by atoms with Crippen LogP contribution in [0, 0.1) is 5.92 Å². The van der Waals surface area contributed by atoms with Gasteiger partial charge in [-0.25, -0.2) is 4.79 Å². The van der Waals surface area contributed by atoms with Crippen LogP contribution >= 0.6 is 0 Å². The number of alkyl carbamates (subject to hydrolysis) is 1. The van der Waals surface area contributed by atoms with Crippen LogP contribution in [-0.4, -0.2) is 95.9 Å². The zero-order valence-corrected chi connectivity index (χ0v) is 19.1. The first-order valence-electron chi connectivity index (χ1n) is 10.5. The molecule has 1 atom stereocenters. The number of nitrogens with one attached hydrogen (secondary N) is 1. The Labute approximate surface area is 178 Å². The van der Waals surface area contributed by atoms with Gasteiger partial charge in [-0.05, 0) is 53.8 Å². The van der Waals surface area contributed by atoms with Gasteiger partial charge in [-0.15, -0.1) is 10.2 Å². The Hall–Kier alpha value is -2.20. The molecule has 0 bridgehead atoms. The number of nitrogens with zero attached hydrogens (tertiary/aromatic N) is 5. The fraction of sp³-hybridized carbons (Fsp3) is 0.800. The zero-order chi connectivity index (χ0) is 22.3. The van der Waals surface area contributed by atoms with Crippen molar-refractivity contribution >= 4 is 12.0 Å². The normalized spacial score (nSPS) is 16.6. The number of hydrogen-bond donors (Lipinski definition) is 1. The van der Waals surface area contributed by atoms with E-state index in [0.29, 0.717) is 19.0 Å². The van der Waals surface area contributed by atoms with Crippen LogP contribution in [0.5, 0.6) is 0 Å². The van der Waals surface area contributed by atoms with Gasteiger partial charge in [0.25, 0.3) is 0 Å². The highest BCUT2D eigenvalue weighted by Crippen LogP contribution is 2.12. The molecule has 1 N–H and O–H groups in total. The highest BCUT2D eigenvalue weighted by Gasteiger charge is 2.27. The minimum atomic E-state index is -0.591. The summed E-state index contributed by atoms with van der Waals surface area (Å²) in [6, 6.07) is 0. The van der Waals surface area contributed by atoms with Crippen LogP contribution in [0.1, 0.15) is 50.7 Å². The summed E-state index contributed by atoms with van der Waals surface area (Å²) in [4.78, 5) is 30.7. The van der Waals surface area contributed by atoms with E-state index in [4.69, 9.17) is 9.15 Å². The van der Waals surface area contributed by atoms with Crippen molar-refractivity contribution in [2.24, 2.45) is 5.92 Å². The topological polar surface area (TPSA) is 104 Å². The van der Waals surface area contributed by atoms with E-state index in [1.165, 1.54) is 0 Å². The Bertz CT molecular complexity index is 692. The third kappa shape index (κ3) is 8.27. The second-order valence-corrected chi connectivity index (χ2v) is 9.15. The first-order chi connectivity index (χ1) is 14.0. The number of hydrogen-bond acceptors (Lipinski definition) is 8. The number of piperazine rings is 1. The maximum absolute atomic E-state index is 12.6. The molecule has 2 heterocycles. The third-order valence-electron chi connectivity index (χ3n) is 4.73. The lowest BCUT2D eigenvalue weighted by atomic mass is 10.1. The fourth-order valence-electron chi connectivity index (χ4n) is 3.15. The minimum Gasteiger partial charge on any atom is -0.444 e. The van der Waals surface area contributed by atoms with Gasteiger partial charge in [0, 0.05) is 32.7 Å². The van der Waals surface area contributed by atoms with E-state index in [1.54, 1.807) is 25.7 Å². The van der Waals surface area contributed by atoms with E-state index >= 15 is 0 Å². The summed E-state index contributed by atoms with van der Waals surface area (Å²) in [6.07, 6.45) is 0.582. The van der Waals surface area contributed by atoms with E-state index in [1.807, 2.05) is 0 Å². The fourth-order valence-corrected chi connectivity index (χ4v) is 3.15. The van der Waals surface area contributed by atoms with Gasteiger partial charge in [0.1, 0.15) is 5.60 Å². The first-order valence-corrected chi connectivity index (χ1v) is 10.5. The van der Waals surface area contributed by atoms with Gasteiger partial charge in [0.15, 0.2) is 0 Å². The lowest BCUT2D eigenvalue weighted by Crippen LogP contribution is -2.49. The Morgan fingerprint density at radius 1 is 1.20 bits per heavy atom. The molecule has 0 saturated carbocycles. The smallest absolute Gasteiger partial charge is 0.408 e. The molecule has 30 heavy (non-hydrogen) atoms. The summed E-state index contributed by atoms with van der Waals surface area (Å²) < 4.78 is 10.6. The van der Waals surface area contributed by atoms with E-state index in [9.17, 15) is 9.59 Å². The van der Waals surface area contributed by atoms with Crippen molar-refractivity contribution in [2.75, 3.05) is 53.4 Å². The number of aromatic nitrogens is 2. The van der Waals surface area contributed by atoms with Crippen LogP contribution in [0.25, 0.3) is 0 Å². The molecule has 10 heteroatoms. The average molecular weight is 425 g/mol. The summed E-state index contributed by atoms with van der Waals surface area (Å²) in [7, 11) is 4.18. The molecule has 1 aliphatic heterocycles.